The second-order valence-electron chi connectivity index (χ2n) is 4.78. The van der Waals surface area contributed by atoms with Gasteiger partial charge in [0, 0.05) is 12.2 Å². The predicted molar refractivity (Wildman–Crippen MR) is 71.8 cm³/mol. The molecule has 1 aliphatic rings. The van der Waals surface area contributed by atoms with E-state index in [0.29, 0.717) is 0 Å². The molecule has 0 saturated carbocycles. The number of rotatable bonds is 4. The third-order valence-corrected chi connectivity index (χ3v) is 3.39. The van der Waals surface area contributed by atoms with Crippen LogP contribution in [0.5, 0.6) is 5.75 Å². The van der Waals surface area contributed by atoms with Crippen LogP contribution in [0.2, 0.25) is 0 Å². The van der Waals surface area contributed by atoms with E-state index < -0.39 is 0 Å². The van der Waals surface area contributed by atoms with Gasteiger partial charge in [0.25, 0.3) is 0 Å². The van der Waals surface area contributed by atoms with E-state index >= 15 is 0 Å². The van der Waals surface area contributed by atoms with Crippen molar-refractivity contribution in [1.82, 2.24) is 5.32 Å². The number of nitrogens with one attached hydrogen (secondary N) is 2. The average molecular weight is 234 g/mol. The summed E-state index contributed by atoms with van der Waals surface area (Å²) in [4.78, 5) is 0. The molecule has 1 aromatic carbocycles. The van der Waals surface area contributed by atoms with Crippen molar-refractivity contribution in [3.05, 3.63) is 23.8 Å². The molecule has 3 nitrogen and oxygen atoms in total. The Morgan fingerprint density at radius 2 is 2.35 bits per heavy atom. The molecule has 1 saturated heterocycles. The van der Waals surface area contributed by atoms with E-state index in [2.05, 4.69) is 29.7 Å². The molecular formula is C14H22N2O. The molecule has 0 radical (unpaired) electrons. The first kappa shape index (κ1) is 12.2. The van der Waals surface area contributed by atoms with Gasteiger partial charge in [-0.2, -0.15) is 0 Å². The molecule has 0 spiro atoms. The summed E-state index contributed by atoms with van der Waals surface area (Å²) in [5, 5.41) is 6.95. The van der Waals surface area contributed by atoms with Crippen molar-refractivity contribution in [2.24, 2.45) is 5.92 Å². The fourth-order valence-corrected chi connectivity index (χ4v) is 2.35. The molecule has 94 valence electrons. The Bertz CT molecular complexity index is 359. The van der Waals surface area contributed by atoms with Crippen molar-refractivity contribution in [3.63, 3.8) is 0 Å². The van der Waals surface area contributed by atoms with Crippen LogP contribution in [0.3, 0.4) is 0 Å². The van der Waals surface area contributed by atoms with Crippen molar-refractivity contribution >= 4 is 5.69 Å². The first-order valence-electron chi connectivity index (χ1n) is 6.39. The fraction of sp³-hybridized carbons (Fsp3) is 0.571. The molecule has 2 N–H and O–H groups in total. The van der Waals surface area contributed by atoms with Gasteiger partial charge in [0.05, 0.1) is 7.11 Å². The summed E-state index contributed by atoms with van der Waals surface area (Å²) in [5.74, 6) is 1.71. The van der Waals surface area contributed by atoms with E-state index in [4.69, 9.17) is 4.74 Å². The van der Waals surface area contributed by atoms with Crippen LogP contribution in [0.4, 0.5) is 5.69 Å². The second kappa shape index (κ2) is 5.92. The van der Waals surface area contributed by atoms with Crippen molar-refractivity contribution in [2.75, 3.05) is 32.1 Å². The number of methoxy groups -OCH3 is 1. The van der Waals surface area contributed by atoms with Gasteiger partial charge in [0.2, 0.25) is 0 Å². The van der Waals surface area contributed by atoms with E-state index in [1.165, 1.54) is 30.6 Å². The molecular weight excluding hydrogens is 212 g/mol. The van der Waals surface area contributed by atoms with Crippen LogP contribution in [0.25, 0.3) is 0 Å². The summed E-state index contributed by atoms with van der Waals surface area (Å²) in [7, 11) is 1.71. The normalized spacial score (nSPS) is 20.0. The third-order valence-electron chi connectivity index (χ3n) is 3.39. The number of hydrogen-bond acceptors (Lipinski definition) is 3. The van der Waals surface area contributed by atoms with Gasteiger partial charge in [-0.05, 0) is 62.5 Å². The quantitative estimate of drug-likeness (QED) is 0.839. The van der Waals surface area contributed by atoms with Gasteiger partial charge in [0.1, 0.15) is 5.75 Å². The lowest BCUT2D eigenvalue weighted by molar-refractivity contribution is 0.393. The minimum Gasteiger partial charge on any atom is -0.496 e. The maximum Gasteiger partial charge on any atom is 0.121 e. The van der Waals surface area contributed by atoms with Gasteiger partial charge in [-0.15, -0.1) is 0 Å². The van der Waals surface area contributed by atoms with Gasteiger partial charge in [-0.25, -0.2) is 0 Å². The standard InChI is InChI=1S/C14H22N2O/c1-11-8-13(5-6-14(11)17-2)16-10-12-4-3-7-15-9-12/h5-6,8,12,15-16H,3-4,7,9-10H2,1-2H3. The van der Waals surface area contributed by atoms with E-state index in [9.17, 15) is 0 Å². The topological polar surface area (TPSA) is 33.3 Å². The molecule has 1 unspecified atom stereocenters. The molecule has 1 aliphatic heterocycles. The maximum atomic E-state index is 5.26. The molecule has 1 aromatic rings. The number of piperidine rings is 1. The van der Waals surface area contributed by atoms with Crippen LogP contribution in [0.1, 0.15) is 18.4 Å². The summed E-state index contributed by atoms with van der Waals surface area (Å²) in [5.41, 5.74) is 2.37. The zero-order chi connectivity index (χ0) is 12.1. The fourth-order valence-electron chi connectivity index (χ4n) is 2.35. The average Bonchev–Trinajstić information content (AvgIpc) is 2.38. The summed E-state index contributed by atoms with van der Waals surface area (Å²) in [6.45, 7) is 5.45. The van der Waals surface area contributed by atoms with Crippen LogP contribution in [-0.4, -0.2) is 26.7 Å². The van der Waals surface area contributed by atoms with Crippen molar-refractivity contribution in [2.45, 2.75) is 19.8 Å². The van der Waals surface area contributed by atoms with Crippen LogP contribution < -0.4 is 15.4 Å². The highest BCUT2D eigenvalue weighted by atomic mass is 16.5. The van der Waals surface area contributed by atoms with Crippen molar-refractivity contribution in [1.29, 1.82) is 0 Å². The van der Waals surface area contributed by atoms with Gasteiger partial charge < -0.3 is 15.4 Å². The molecule has 17 heavy (non-hydrogen) atoms. The highest BCUT2D eigenvalue weighted by Crippen LogP contribution is 2.22. The minimum atomic E-state index is 0.756. The lowest BCUT2D eigenvalue weighted by atomic mass is 9.99. The molecule has 0 aromatic heterocycles. The van der Waals surface area contributed by atoms with Crippen LogP contribution >= 0.6 is 0 Å². The van der Waals surface area contributed by atoms with Crippen molar-refractivity contribution in [3.8, 4) is 5.75 Å². The first-order valence-corrected chi connectivity index (χ1v) is 6.39. The largest absolute Gasteiger partial charge is 0.496 e. The molecule has 2 rings (SSSR count). The number of hydrogen-bond donors (Lipinski definition) is 2. The Labute approximate surface area is 104 Å². The number of aryl methyl sites for hydroxylation is 1. The Morgan fingerprint density at radius 3 is 3.00 bits per heavy atom. The molecule has 0 amide bonds. The Hall–Kier alpha value is -1.22. The maximum absolute atomic E-state index is 5.26. The number of benzene rings is 1. The summed E-state index contributed by atoms with van der Waals surface area (Å²) in [6, 6.07) is 6.26. The molecule has 3 heteroatoms. The number of anilines is 1. The van der Waals surface area contributed by atoms with Crippen LogP contribution in [0, 0.1) is 12.8 Å². The molecule has 1 fully saturated rings. The lowest BCUT2D eigenvalue weighted by Gasteiger charge is -2.23. The Morgan fingerprint density at radius 1 is 1.47 bits per heavy atom. The second-order valence-corrected chi connectivity index (χ2v) is 4.78. The van der Waals surface area contributed by atoms with E-state index in [0.717, 1.165) is 24.8 Å². The van der Waals surface area contributed by atoms with E-state index in [1.807, 2.05) is 6.07 Å². The van der Waals surface area contributed by atoms with Crippen LogP contribution in [-0.2, 0) is 0 Å². The van der Waals surface area contributed by atoms with Gasteiger partial charge in [-0.1, -0.05) is 0 Å². The monoisotopic (exact) mass is 234 g/mol. The first-order chi connectivity index (χ1) is 8.29. The zero-order valence-corrected chi connectivity index (χ0v) is 10.8. The third kappa shape index (κ3) is 3.37. The molecule has 1 atom stereocenters. The van der Waals surface area contributed by atoms with E-state index in [1.54, 1.807) is 7.11 Å². The molecule has 1 heterocycles. The van der Waals surface area contributed by atoms with Crippen LogP contribution in [0.15, 0.2) is 18.2 Å². The SMILES string of the molecule is COc1ccc(NCC2CCCNC2)cc1C. The number of ether oxygens (including phenoxy) is 1. The molecule has 0 aliphatic carbocycles. The lowest BCUT2D eigenvalue weighted by Crippen LogP contribution is -2.33. The smallest absolute Gasteiger partial charge is 0.121 e. The highest BCUT2D eigenvalue weighted by Gasteiger charge is 2.12. The van der Waals surface area contributed by atoms with E-state index in [-0.39, 0.29) is 0 Å². The molecule has 0 bridgehead atoms. The Kier molecular flexibility index (Phi) is 4.26. The Balaban J connectivity index is 1.87. The van der Waals surface area contributed by atoms with Gasteiger partial charge in [0.15, 0.2) is 0 Å². The highest BCUT2D eigenvalue weighted by molar-refractivity contribution is 5.50. The zero-order valence-electron chi connectivity index (χ0n) is 10.8. The van der Waals surface area contributed by atoms with Gasteiger partial charge >= 0.3 is 0 Å². The summed E-state index contributed by atoms with van der Waals surface area (Å²) >= 11 is 0. The van der Waals surface area contributed by atoms with Crippen molar-refractivity contribution < 1.29 is 4.74 Å². The predicted octanol–water partition coefficient (Wildman–Crippen LogP) is 2.42. The summed E-state index contributed by atoms with van der Waals surface area (Å²) in [6.07, 6.45) is 2.63. The van der Waals surface area contributed by atoms with Gasteiger partial charge in [-0.3, -0.25) is 0 Å². The summed E-state index contributed by atoms with van der Waals surface area (Å²) < 4.78 is 5.26. The minimum absolute atomic E-state index is 0.756.